The van der Waals surface area contributed by atoms with Gasteiger partial charge < -0.3 is 5.32 Å². The Bertz CT molecular complexity index is 912. The number of nitrogens with one attached hydrogen (secondary N) is 1. The van der Waals surface area contributed by atoms with Gasteiger partial charge in [0.1, 0.15) is 0 Å². The fourth-order valence-corrected chi connectivity index (χ4v) is 3.41. The second-order valence-electron chi connectivity index (χ2n) is 6.51. The second kappa shape index (κ2) is 5.74. The number of hydrogen-bond acceptors (Lipinski definition) is 3. The zero-order valence-electron chi connectivity index (χ0n) is 13.9. The zero-order chi connectivity index (χ0) is 16.7. The Morgan fingerprint density at radius 1 is 1.21 bits per heavy atom. The summed E-state index contributed by atoms with van der Waals surface area (Å²) in [6, 6.07) is 9.77. The van der Waals surface area contributed by atoms with Gasteiger partial charge in [0.2, 0.25) is 0 Å². The van der Waals surface area contributed by atoms with Crippen LogP contribution in [0.1, 0.15) is 47.9 Å². The van der Waals surface area contributed by atoms with Crippen LogP contribution in [0.3, 0.4) is 0 Å². The van der Waals surface area contributed by atoms with Crippen LogP contribution >= 0.6 is 0 Å². The first kappa shape index (κ1) is 14.9. The summed E-state index contributed by atoms with van der Waals surface area (Å²) in [5.41, 5.74) is 4.48. The molecule has 0 aliphatic heterocycles. The predicted octanol–water partition coefficient (Wildman–Crippen LogP) is 3.75. The van der Waals surface area contributed by atoms with Crippen molar-refractivity contribution < 1.29 is 4.79 Å². The van der Waals surface area contributed by atoms with E-state index in [1.54, 1.807) is 6.20 Å². The third-order valence-electron chi connectivity index (χ3n) is 4.52. The molecule has 1 aliphatic rings. The van der Waals surface area contributed by atoms with Crippen molar-refractivity contribution in [1.29, 1.82) is 0 Å². The molecule has 0 unspecified atom stereocenters. The van der Waals surface area contributed by atoms with Crippen molar-refractivity contribution in [2.45, 2.75) is 39.2 Å². The number of nitrogens with zero attached hydrogens (tertiary/aromatic N) is 3. The van der Waals surface area contributed by atoms with Gasteiger partial charge in [-0.25, -0.2) is 9.67 Å². The Labute approximate surface area is 140 Å². The van der Waals surface area contributed by atoms with E-state index in [1.807, 2.05) is 35.0 Å². The fraction of sp³-hybridized carbons (Fsp3) is 0.316. The van der Waals surface area contributed by atoms with Gasteiger partial charge in [-0.15, -0.1) is 0 Å². The highest BCUT2D eigenvalue weighted by atomic mass is 16.1. The van der Waals surface area contributed by atoms with Crippen molar-refractivity contribution in [1.82, 2.24) is 14.8 Å². The predicted molar refractivity (Wildman–Crippen MR) is 94.3 cm³/mol. The molecule has 1 aromatic carbocycles. The molecular formula is C19H20N4O. The molecular weight excluding hydrogens is 300 g/mol. The molecule has 122 valence electrons. The number of pyridine rings is 1. The number of anilines is 1. The molecule has 2 aromatic heterocycles. The molecule has 0 saturated heterocycles. The summed E-state index contributed by atoms with van der Waals surface area (Å²) in [5.74, 6) is -0.0740. The van der Waals surface area contributed by atoms with E-state index in [-0.39, 0.29) is 11.9 Å². The SMILES string of the molecule is CC(C)n1ncc2c(C(=O)Nc3ccccc3)c3c(nc21)CCC3. The molecule has 2 heterocycles. The van der Waals surface area contributed by atoms with Crippen LogP contribution in [0.4, 0.5) is 5.69 Å². The quantitative estimate of drug-likeness (QED) is 0.799. The van der Waals surface area contributed by atoms with Crippen molar-refractivity contribution in [2.75, 3.05) is 5.32 Å². The summed E-state index contributed by atoms with van der Waals surface area (Å²) in [6.07, 6.45) is 4.67. The highest BCUT2D eigenvalue weighted by molar-refractivity contribution is 6.13. The van der Waals surface area contributed by atoms with Crippen LogP contribution in [0.25, 0.3) is 11.0 Å². The molecule has 4 rings (SSSR count). The molecule has 0 saturated carbocycles. The Kier molecular flexibility index (Phi) is 3.56. The van der Waals surface area contributed by atoms with E-state index in [9.17, 15) is 4.79 Å². The third-order valence-corrected chi connectivity index (χ3v) is 4.52. The molecule has 1 N–H and O–H groups in total. The maximum absolute atomic E-state index is 13.0. The van der Waals surface area contributed by atoms with Crippen LogP contribution in [-0.4, -0.2) is 20.7 Å². The lowest BCUT2D eigenvalue weighted by molar-refractivity contribution is 0.102. The molecule has 0 fully saturated rings. The normalized spacial score (nSPS) is 13.5. The van der Waals surface area contributed by atoms with Gasteiger partial charge in [0.15, 0.2) is 5.65 Å². The average Bonchev–Trinajstić information content (AvgIpc) is 3.19. The number of fused-ring (bicyclic) bond motifs is 2. The second-order valence-corrected chi connectivity index (χ2v) is 6.51. The molecule has 24 heavy (non-hydrogen) atoms. The van der Waals surface area contributed by atoms with E-state index >= 15 is 0 Å². The number of aromatic nitrogens is 3. The first-order chi connectivity index (χ1) is 11.6. The van der Waals surface area contributed by atoms with E-state index in [4.69, 9.17) is 4.98 Å². The number of aryl methyl sites for hydroxylation is 1. The number of carbonyl (C=O) groups excluding carboxylic acids is 1. The van der Waals surface area contributed by atoms with Crippen LogP contribution in [0, 0.1) is 0 Å². The maximum atomic E-state index is 13.0. The summed E-state index contributed by atoms with van der Waals surface area (Å²) >= 11 is 0. The van der Waals surface area contributed by atoms with Crippen molar-refractivity contribution in [3.05, 3.63) is 53.3 Å². The molecule has 0 bridgehead atoms. The zero-order valence-corrected chi connectivity index (χ0v) is 13.9. The monoisotopic (exact) mass is 320 g/mol. The summed E-state index contributed by atoms with van der Waals surface area (Å²) in [4.78, 5) is 17.8. The van der Waals surface area contributed by atoms with Crippen molar-refractivity contribution in [3.8, 4) is 0 Å². The van der Waals surface area contributed by atoms with Crippen LogP contribution in [0.5, 0.6) is 0 Å². The molecule has 1 aliphatic carbocycles. The summed E-state index contributed by atoms with van der Waals surface area (Å²) < 4.78 is 1.90. The van der Waals surface area contributed by atoms with Crippen molar-refractivity contribution in [3.63, 3.8) is 0 Å². The molecule has 1 amide bonds. The molecule has 0 spiro atoms. The Hall–Kier alpha value is -2.69. The van der Waals surface area contributed by atoms with Gasteiger partial charge in [0, 0.05) is 17.4 Å². The molecule has 5 nitrogen and oxygen atoms in total. The minimum absolute atomic E-state index is 0.0740. The third kappa shape index (κ3) is 2.37. The lowest BCUT2D eigenvalue weighted by Gasteiger charge is -2.12. The highest BCUT2D eigenvalue weighted by Crippen LogP contribution is 2.31. The number of rotatable bonds is 3. The van der Waals surface area contributed by atoms with Crippen molar-refractivity contribution >= 4 is 22.6 Å². The number of hydrogen-bond donors (Lipinski definition) is 1. The number of amides is 1. The van der Waals surface area contributed by atoms with E-state index < -0.39 is 0 Å². The van der Waals surface area contributed by atoms with Crippen molar-refractivity contribution in [2.24, 2.45) is 0 Å². The lowest BCUT2D eigenvalue weighted by atomic mass is 10.0. The summed E-state index contributed by atoms with van der Waals surface area (Å²) in [7, 11) is 0. The highest BCUT2D eigenvalue weighted by Gasteiger charge is 2.26. The Balaban J connectivity index is 1.86. The van der Waals surface area contributed by atoms with E-state index in [1.165, 1.54) is 0 Å². The van der Waals surface area contributed by atoms with E-state index in [0.717, 1.165) is 52.8 Å². The first-order valence-corrected chi connectivity index (χ1v) is 8.40. The van der Waals surface area contributed by atoms with Crippen LogP contribution in [0.2, 0.25) is 0 Å². The summed E-state index contributed by atoms with van der Waals surface area (Å²) in [5, 5.41) is 8.32. The molecule has 0 radical (unpaired) electrons. The fourth-order valence-electron chi connectivity index (χ4n) is 3.41. The van der Waals surface area contributed by atoms with Gasteiger partial charge in [0.25, 0.3) is 5.91 Å². The largest absolute Gasteiger partial charge is 0.322 e. The van der Waals surface area contributed by atoms with E-state index in [0.29, 0.717) is 0 Å². The van der Waals surface area contributed by atoms with Gasteiger partial charge in [-0.2, -0.15) is 5.10 Å². The Morgan fingerprint density at radius 3 is 2.75 bits per heavy atom. The van der Waals surface area contributed by atoms with Crippen LogP contribution in [-0.2, 0) is 12.8 Å². The van der Waals surface area contributed by atoms with E-state index in [2.05, 4.69) is 24.3 Å². The number of benzene rings is 1. The smallest absolute Gasteiger partial charge is 0.256 e. The molecule has 0 atom stereocenters. The maximum Gasteiger partial charge on any atom is 0.256 e. The minimum atomic E-state index is -0.0740. The first-order valence-electron chi connectivity index (χ1n) is 8.40. The minimum Gasteiger partial charge on any atom is -0.322 e. The van der Waals surface area contributed by atoms with Gasteiger partial charge >= 0.3 is 0 Å². The number of carbonyl (C=O) groups is 1. The lowest BCUT2D eigenvalue weighted by Crippen LogP contribution is -2.16. The van der Waals surface area contributed by atoms with Gasteiger partial charge in [-0.1, -0.05) is 18.2 Å². The van der Waals surface area contributed by atoms with Gasteiger partial charge in [-0.05, 0) is 50.8 Å². The average molecular weight is 320 g/mol. The Morgan fingerprint density at radius 2 is 2.00 bits per heavy atom. The molecule has 5 heteroatoms. The number of para-hydroxylation sites is 1. The molecule has 3 aromatic rings. The topological polar surface area (TPSA) is 59.8 Å². The van der Waals surface area contributed by atoms with Gasteiger partial charge in [0.05, 0.1) is 17.1 Å². The summed E-state index contributed by atoms with van der Waals surface area (Å²) in [6.45, 7) is 4.15. The standard InChI is InChI=1S/C19H20N4O/c1-12(2)23-18-15(11-20-23)17(14-9-6-10-16(14)22-18)19(24)21-13-7-4-3-5-8-13/h3-5,7-8,11-12H,6,9-10H2,1-2H3,(H,21,24). The van der Waals surface area contributed by atoms with Crippen LogP contribution < -0.4 is 5.32 Å². The van der Waals surface area contributed by atoms with Crippen LogP contribution in [0.15, 0.2) is 36.5 Å². The van der Waals surface area contributed by atoms with Gasteiger partial charge in [-0.3, -0.25) is 4.79 Å².